The van der Waals surface area contributed by atoms with Crippen LogP contribution in [0.4, 0.5) is 33.7 Å². The lowest BCUT2D eigenvalue weighted by atomic mass is 10.0. The van der Waals surface area contributed by atoms with Crippen molar-refractivity contribution in [3.05, 3.63) is 71.9 Å². The molecular formula is C28H31F4N7O. The number of benzene rings is 2. The van der Waals surface area contributed by atoms with Gasteiger partial charge < -0.3 is 15.5 Å². The van der Waals surface area contributed by atoms with Crippen LogP contribution in [-0.2, 0) is 12.7 Å². The number of hydrogen-bond donors (Lipinski definition) is 3. The van der Waals surface area contributed by atoms with Crippen LogP contribution >= 0.6 is 0 Å². The molecule has 0 spiro atoms. The number of aromatic amines is 1. The second kappa shape index (κ2) is 12.4. The van der Waals surface area contributed by atoms with Crippen molar-refractivity contribution >= 4 is 28.3 Å². The number of rotatable bonds is 5. The molecule has 5 rings (SSSR count). The van der Waals surface area contributed by atoms with Gasteiger partial charge in [0.15, 0.2) is 0 Å². The summed E-state index contributed by atoms with van der Waals surface area (Å²) in [5, 5.41) is 12.3. The van der Waals surface area contributed by atoms with Crippen molar-refractivity contribution in [3.8, 4) is 11.1 Å². The van der Waals surface area contributed by atoms with Gasteiger partial charge in [-0.2, -0.15) is 18.3 Å². The number of carbonyl (C=O) groups excluding carboxylic acids is 1. The van der Waals surface area contributed by atoms with Crippen molar-refractivity contribution in [2.45, 2.75) is 26.6 Å². The number of carbonyl (C=O) groups is 1. The third kappa shape index (κ3) is 6.75. The summed E-state index contributed by atoms with van der Waals surface area (Å²) in [4.78, 5) is 20.7. The number of piperazine rings is 1. The lowest BCUT2D eigenvalue weighted by Gasteiger charge is -2.33. The van der Waals surface area contributed by atoms with Gasteiger partial charge in [-0.15, -0.1) is 0 Å². The first-order chi connectivity index (χ1) is 19.2. The number of likely N-dealkylation sites (N-methyl/N-ethyl adjacent to an activating group) is 1. The van der Waals surface area contributed by atoms with Crippen molar-refractivity contribution in [2.24, 2.45) is 0 Å². The average molecular weight is 558 g/mol. The van der Waals surface area contributed by atoms with Crippen molar-refractivity contribution in [2.75, 3.05) is 43.9 Å². The first kappa shape index (κ1) is 29.0. The zero-order valence-electron chi connectivity index (χ0n) is 22.4. The summed E-state index contributed by atoms with van der Waals surface area (Å²) in [6.07, 6.45) is 0.198. The largest absolute Gasteiger partial charge is 0.416 e. The Bertz CT molecular complexity index is 1460. The summed E-state index contributed by atoms with van der Waals surface area (Å²) in [5.41, 5.74) is 1.02. The minimum Gasteiger partial charge on any atom is -0.308 e. The SMILES string of the molecule is CC.CN1CCN(Cc2ccc(NC(=O)Nc3ccc(-c4cncc5[nH]ncc45)cc3F)cc2C(F)(F)F)CC1. The predicted molar refractivity (Wildman–Crippen MR) is 147 cm³/mol. The number of hydrogen-bond acceptors (Lipinski definition) is 5. The number of nitrogens with zero attached hydrogens (tertiary/aromatic N) is 4. The first-order valence-corrected chi connectivity index (χ1v) is 12.9. The third-order valence-electron chi connectivity index (χ3n) is 6.56. The maximum absolute atomic E-state index is 14.8. The minimum absolute atomic E-state index is 0.0494. The normalized spacial score (nSPS) is 14.5. The quantitative estimate of drug-likeness (QED) is 0.254. The molecule has 0 radical (unpaired) electrons. The van der Waals surface area contributed by atoms with E-state index in [9.17, 15) is 22.4 Å². The molecule has 40 heavy (non-hydrogen) atoms. The van der Waals surface area contributed by atoms with E-state index in [2.05, 4.69) is 30.7 Å². The minimum atomic E-state index is -4.59. The standard InChI is InChI=1S/C26H25F4N7O.C2H6/c1-36-6-8-37(9-7-36)15-17-2-4-18(11-21(17)26(28,29)30)33-25(38)34-23-5-3-16(10-22(23)27)19-12-31-14-24-20(19)13-32-35-24;1-2/h2-5,10-14H,6-9,15H2,1H3,(H,32,35)(H2,33,34,38);1-2H3. The van der Waals surface area contributed by atoms with Crippen LogP contribution in [0.1, 0.15) is 25.0 Å². The smallest absolute Gasteiger partial charge is 0.308 e. The Balaban J connectivity index is 0.00000181. The molecule has 0 aliphatic carbocycles. The lowest BCUT2D eigenvalue weighted by Crippen LogP contribution is -2.44. The molecule has 2 aromatic carbocycles. The molecule has 212 valence electrons. The number of nitrogens with one attached hydrogen (secondary N) is 3. The number of alkyl halides is 3. The van der Waals surface area contributed by atoms with Gasteiger partial charge in [0.25, 0.3) is 0 Å². The van der Waals surface area contributed by atoms with Gasteiger partial charge in [-0.25, -0.2) is 9.18 Å². The molecule has 0 saturated carbocycles. The molecule has 12 heteroatoms. The van der Waals surface area contributed by atoms with E-state index in [1.807, 2.05) is 25.8 Å². The summed E-state index contributed by atoms with van der Waals surface area (Å²) >= 11 is 0. The van der Waals surface area contributed by atoms with Crippen LogP contribution < -0.4 is 10.6 Å². The molecule has 1 fully saturated rings. The molecule has 1 aliphatic heterocycles. The second-order valence-electron chi connectivity index (χ2n) is 9.24. The van der Waals surface area contributed by atoms with E-state index >= 15 is 0 Å². The molecule has 8 nitrogen and oxygen atoms in total. The Morgan fingerprint density at radius 1 is 1.00 bits per heavy atom. The Morgan fingerprint density at radius 2 is 1.75 bits per heavy atom. The van der Waals surface area contributed by atoms with Gasteiger partial charge in [0.2, 0.25) is 0 Å². The molecular weight excluding hydrogens is 526 g/mol. The number of fused-ring (bicyclic) bond motifs is 1. The Hall–Kier alpha value is -4.03. The molecule has 0 unspecified atom stereocenters. The van der Waals surface area contributed by atoms with Gasteiger partial charge in [0.1, 0.15) is 5.82 Å². The summed E-state index contributed by atoms with van der Waals surface area (Å²) in [6.45, 7) is 7.08. The number of anilines is 2. The van der Waals surface area contributed by atoms with Crippen molar-refractivity contribution < 1.29 is 22.4 Å². The fourth-order valence-corrected chi connectivity index (χ4v) is 4.47. The van der Waals surface area contributed by atoms with E-state index in [0.29, 0.717) is 29.7 Å². The summed E-state index contributed by atoms with van der Waals surface area (Å²) in [6, 6.07) is 7.06. The summed E-state index contributed by atoms with van der Waals surface area (Å²) < 4.78 is 56.3. The third-order valence-corrected chi connectivity index (χ3v) is 6.56. The molecule has 2 amide bonds. The van der Waals surface area contributed by atoms with Gasteiger partial charge >= 0.3 is 12.2 Å². The molecule has 4 aromatic rings. The summed E-state index contributed by atoms with van der Waals surface area (Å²) in [7, 11) is 1.98. The second-order valence-corrected chi connectivity index (χ2v) is 9.24. The fraction of sp³-hybridized carbons (Fsp3) is 0.321. The predicted octanol–water partition coefficient (Wildman–Crippen LogP) is 6.20. The number of H-pyrrole nitrogens is 1. The topological polar surface area (TPSA) is 89.2 Å². The van der Waals surface area contributed by atoms with Crippen LogP contribution in [0.2, 0.25) is 0 Å². The molecule has 0 bridgehead atoms. The van der Waals surface area contributed by atoms with Gasteiger partial charge in [-0.3, -0.25) is 15.0 Å². The average Bonchev–Trinajstić information content (AvgIpc) is 3.42. The zero-order chi connectivity index (χ0) is 28.9. The van der Waals surface area contributed by atoms with E-state index < -0.39 is 23.6 Å². The highest BCUT2D eigenvalue weighted by Gasteiger charge is 2.34. The van der Waals surface area contributed by atoms with Crippen molar-refractivity contribution in [3.63, 3.8) is 0 Å². The Kier molecular flexibility index (Phi) is 9.00. The zero-order valence-corrected chi connectivity index (χ0v) is 22.4. The molecule has 3 heterocycles. The van der Waals surface area contributed by atoms with E-state index in [1.54, 1.807) is 24.7 Å². The highest BCUT2D eigenvalue weighted by atomic mass is 19.4. The monoisotopic (exact) mass is 557 g/mol. The fourth-order valence-electron chi connectivity index (χ4n) is 4.47. The molecule has 0 atom stereocenters. The highest BCUT2D eigenvalue weighted by Crippen LogP contribution is 2.35. The van der Waals surface area contributed by atoms with Crippen LogP contribution in [0.25, 0.3) is 22.0 Å². The van der Waals surface area contributed by atoms with Crippen molar-refractivity contribution in [1.29, 1.82) is 0 Å². The van der Waals surface area contributed by atoms with Gasteiger partial charge in [0, 0.05) is 55.6 Å². The number of halogens is 4. The van der Waals surface area contributed by atoms with E-state index in [4.69, 9.17) is 0 Å². The Morgan fingerprint density at radius 3 is 2.45 bits per heavy atom. The number of pyridine rings is 1. The molecule has 1 aliphatic rings. The number of aromatic nitrogens is 3. The lowest BCUT2D eigenvalue weighted by molar-refractivity contribution is -0.138. The molecule has 3 N–H and O–H groups in total. The van der Waals surface area contributed by atoms with Crippen LogP contribution in [0.3, 0.4) is 0 Å². The van der Waals surface area contributed by atoms with E-state index in [1.165, 1.54) is 24.3 Å². The highest BCUT2D eigenvalue weighted by molar-refractivity contribution is 6.00. The van der Waals surface area contributed by atoms with Crippen LogP contribution in [0, 0.1) is 5.82 Å². The summed E-state index contributed by atoms with van der Waals surface area (Å²) in [5.74, 6) is -0.711. The van der Waals surface area contributed by atoms with Crippen LogP contribution in [-0.4, -0.2) is 64.2 Å². The van der Waals surface area contributed by atoms with Gasteiger partial charge in [-0.05, 0) is 42.4 Å². The van der Waals surface area contributed by atoms with E-state index in [0.717, 1.165) is 24.5 Å². The van der Waals surface area contributed by atoms with Gasteiger partial charge in [0.05, 0.1) is 29.2 Å². The number of urea groups is 1. The maximum Gasteiger partial charge on any atom is 0.416 e. The van der Waals surface area contributed by atoms with Crippen LogP contribution in [0.5, 0.6) is 0 Å². The molecule has 1 saturated heterocycles. The Labute approximate surface area is 229 Å². The van der Waals surface area contributed by atoms with Crippen LogP contribution in [0.15, 0.2) is 55.0 Å². The van der Waals surface area contributed by atoms with E-state index in [-0.39, 0.29) is 23.5 Å². The first-order valence-electron chi connectivity index (χ1n) is 12.9. The maximum atomic E-state index is 14.8. The van der Waals surface area contributed by atoms with Gasteiger partial charge in [-0.1, -0.05) is 26.0 Å². The number of amides is 2. The van der Waals surface area contributed by atoms with Crippen molar-refractivity contribution in [1.82, 2.24) is 25.0 Å². The molecule has 2 aromatic heterocycles.